The normalized spacial score (nSPS) is 10.6. The van der Waals surface area contributed by atoms with Crippen LogP contribution < -0.4 is 0 Å². The van der Waals surface area contributed by atoms with Gasteiger partial charge in [0.2, 0.25) is 0 Å². The molecule has 2 aromatic rings. The van der Waals surface area contributed by atoms with Crippen LogP contribution in [-0.2, 0) is 9.53 Å². The molecule has 0 radical (unpaired) electrons. The van der Waals surface area contributed by atoms with E-state index in [4.69, 9.17) is 4.74 Å². The number of ether oxygens (including phenoxy) is 1. The van der Waals surface area contributed by atoms with Gasteiger partial charge in [-0.3, -0.25) is 0 Å². The third-order valence-electron chi connectivity index (χ3n) is 3.09. The molecule has 4 heteroatoms. The summed E-state index contributed by atoms with van der Waals surface area (Å²) < 4.78 is 31.0. The van der Waals surface area contributed by atoms with Gasteiger partial charge >= 0.3 is 5.97 Å². The van der Waals surface area contributed by atoms with Crippen LogP contribution in [0.4, 0.5) is 8.78 Å². The lowest BCUT2D eigenvalue weighted by molar-refractivity contribution is -0.137. The minimum atomic E-state index is -0.443. The van der Waals surface area contributed by atoms with Gasteiger partial charge < -0.3 is 4.74 Å². The summed E-state index contributed by atoms with van der Waals surface area (Å²) >= 11 is 0. The van der Waals surface area contributed by atoms with Crippen LogP contribution in [-0.4, -0.2) is 12.6 Å². The maximum absolute atomic E-state index is 13.1. The van der Waals surface area contributed by atoms with Gasteiger partial charge in [0, 0.05) is 6.08 Å². The Bertz CT molecular complexity index is 667. The summed E-state index contributed by atoms with van der Waals surface area (Å²) in [6.45, 7) is 2.03. The number of carbonyl (C=O) groups is 1. The fourth-order valence-electron chi connectivity index (χ4n) is 2.03. The van der Waals surface area contributed by atoms with Crippen LogP contribution in [0.15, 0.2) is 66.8 Å². The minimum absolute atomic E-state index is 0.301. The van der Waals surface area contributed by atoms with Crippen molar-refractivity contribution < 1.29 is 18.3 Å². The van der Waals surface area contributed by atoms with Crippen molar-refractivity contribution in [1.29, 1.82) is 0 Å². The Labute approximate surface area is 133 Å². The highest BCUT2D eigenvalue weighted by Crippen LogP contribution is 2.24. The molecule has 2 nitrogen and oxygen atoms in total. The summed E-state index contributed by atoms with van der Waals surface area (Å²) in [5.41, 5.74) is 2.25. The van der Waals surface area contributed by atoms with Crippen LogP contribution in [0.3, 0.4) is 0 Å². The van der Waals surface area contributed by atoms with E-state index >= 15 is 0 Å². The average Bonchev–Trinajstić information content (AvgIpc) is 2.54. The molecule has 2 rings (SSSR count). The Morgan fingerprint density at radius 3 is 1.87 bits per heavy atom. The first kappa shape index (κ1) is 16.6. The summed E-state index contributed by atoms with van der Waals surface area (Å²) in [7, 11) is 0. The molecule has 0 aliphatic heterocycles. The van der Waals surface area contributed by atoms with Crippen molar-refractivity contribution in [3.8, 4) is 0 Å². The monoisotopic (exact) mass is 314 g/mol. The first-order chi connectivity index (χ1) is 11.1. The molecule has 0 fully saturated rings. The Morgan fingerprint density at radius 2 is 1.43 bits per heavy atom. The third-order valence-corrected chi connectivity index (χ3v) is 3.09. The van der Waals surface area contributed by atoms with Gasteiger partial charge in [0.15, 0.2) is 0 Å². The number of halogens is 2. The molecule has 0 aliphatic carbocycles. The van der Waals surface area contributed by atoms with Gasteiger partial charge in [-0.15, -0.1) is 0 Å². The van der Waals surface area contributed by atoms with Crippen molar-refractivity contribution in [2.24, 2.45) is 0 Å². The molecule has 0 aromatic heterocycles. The van der Waals surface area contributed by atoms with E-state index in [1.54, 1.807) is 43.3 Å². The van der Waals surface area contributed by atoms with Crippen LogP contribution >= 0.6 is 0 Å². The summed E-state index contributed by atoms with van der Waals surface area (Å²) in [6, 6.07) is 11.9. The van der Waals surface area contributed by atoms with E-state index in [1.165, 1.54) is 30.3 Å². The van der Waals surface area contributed by atoms with E-state index < -0.39 is 5.97 Å². The number of carbonyl (C=O) groups excluding carboxylic acids is 1. The second-order valence-corrected chi connectivity index (χ2v) is 4.71. The highest BCUT2D eigenvalue weighted by molar-refractivity contribution is 5.85. The second-order valence-electron chi connectivity index (χ2n) is 4.71. The van der Waals surface area contributed by atoms with Crippen LogP contribution in [0.25, 0.3) is 5.57 Å². The first-order valence-electron chi connectivity index (χ1n) is 7.17. The van der Waals surface area contributed by atoms with Gasteiger partial charge in [-0.25, -0.2) is 13.6 Å². The quantitative estimate of drug-likeness (QED) is 0.461. The number of allylic oxidation sites excluding steroid dienone is 2. The molecule has 0 unspecified atom stereocenters. The zero-order valence-electron chi connectivity index (χ0n) is 12.6. The average molecular weight is 314 g/mol. The van der Waals surface area contributed by atoms with E-state index in [0.717, 1.165) is 16.7 Å². The molecule has 0 saturated carbocycles. The standard InChI is InChI=1S/C19H16F2O2/c1-2-23-19(22)5-3-4-18(14-6-10-16(20)11-7-14)15-8-12-17(21)13-9-15/h3-13H,2H2,1H3/b5-3-. The molecule has 2 aromatic carbocycles. The van der Waals surface area contributed by atoms with Crippen molar-refractivity contribution in [2.45, 2.75) is 6.92 Å². The molecule has 0 aliphatic rings. The van der Waals surface area contributed by atoms with Gasteiger partial charge in [-0.2, -0.15) is 0 Å². The Hall–Kier alpha value is -2.75. The topological polar surface area (TPSA) is 26.3 Å². The fourth-order valence-corrected chi connectivity index (χ4v) is 2.03. The van der Waals surface area contributed by atoms with E-state index in [2.05, 4.69) is 0 Å². The van der Waals surface area contributed by atoms with E-state index in [9.17, 15) is 13.6 Å². The molecule has 118 valence electrons. The molecule has 0 amide bonds. The third kappa shape index (κ3) is 4.88. The Morgan fingerprint density at radius 1 is 0.957 bits per heavy atom. The lowest BCUT2D eigenvalue weighted by Gasteiger charge is -2.08. The maximum atomic E-state index is 13.1. The van der Waals surface area contributed by atoms with Crippen molar-refractivity contribution in [2.75, 3.05) is 6.61 Å². The Kier molecular flexibility index (Phi) is 5.80. The van der Waals surface area contributed by atoms with Gasteiger partial charge in [0.05, 0.1) is 6.61 Å². The summed E-state index contributed by atoms with van der Waals surface area (Å²) in [5.74, 6) is -1.12. The molecule has 0 bridgehead atoms. The lowest BCUT2D eigenvalue weighted by atomic mass is 9.97. The summed E-state index contributed by atoms with van der Waals surface area (Å²) in [4.78, 5) is 11.3. The van der Waals surface area contributed by atoms with Crippen LogP contribution in [0.5, 0.6) is 0 Å². The lowest BCUT2D eigenvalue weighted by Crippen LogP contribution is -1.98. The number of esters is 1. The molecule has 0 atom stereocenters. The summed E-state index contributed by atoms with van der Waals surface area (Å²) in [6.07, 6.45) is 4.56. The van der Waals surface area contributed by atoms with Crippen LogP contribution in [0, 0.1) is 11.6 Å². The molecular formula is C19H16F2O2. The first-order valence-corrected chi connectivity index (χ1v) is 7.17. The molecule has 23 heavy (non-hydrogen) atoms. The molecule has 0 saturated heterocycles. The summed E-state index contributed by atoms with van der Waals surface area (Å²) in [5, 5.41) is 0. The van der Waals surface area contributed by atoms with E-state index in [0.29, 0.717) is 6.61 Å². The van der Waals surface area contributed by atoms with Crippen molar-refractivity contribution in [1.82, 2.24) is 0 Å². The van der Waals surface area contributed by atoms with Gasteiger partial charge in [0.25, 0.3) is 0 Å². The van der Waals surface area contributed by atoms with Crippen molar-refractivity contribution in [3.05, 3.63) is 89.5 Å². The molecule has 0 heterocycles. The number of hydrogen-bond donors (Lipinski definition) is 0. The van der Waals surface area contributed by atoms with E-state index in [1.807, 2.05) is 0 Å². The second kappa shape index (κ2) is 8.03. The predicted octanol–water partition coefficient (Wildman–Crippen LogP) is 4.52. The molecular weight excluding hydrogens is 298 g/mol. The number of benzene rings is 2. The fraction of sp³-hybridized carbons (Fsp3) is 0.105. The highest BCUT2D eigenvalue weighted by atomic mass is 19.1. The van der Waals surface area contributed by atoms with Gasteiger partial charge in [-0.1, -0.05) is 36.4 Å². The Balaban J connectivity index is 2.36. The zero-order chi connectivity index (χ0) is 16.7. The number of hydrogen-bond acceptors (Lipinski definition) is 2. The van der Waals surface area contributed by atoms with Crippen LogP contribution in [0.1, 0.15) is 18.1 Å². The van der Waals surface area contributed by atoms with E-state index in [-0.39, 0.29) is 11.6 Å². The number of rotatable bonds is 5. The molecule has 0 spiro atoms. The van der Waals surface area contributed by atoms with Crippen molar-refractivity contribution in [3.63, 3.8) is 0 Å². The predicted molar refractivity (Wildman–Crippen MR) is 85.7 cm³/mol. The van der Waals surface area contributed by atoms with Gasteiger partial charge in [0.1, 0.15) is 11.6 Å². The minimum Gasteiger partial charge on any atom is -0.463 e. The smallest absolute Gasteiger partial charge is 0.330 e. The highest BCUT2D eigenvalue weighted by Gasteiger charge is 2.05. The van der Waals surface area contributed by atoms with Crippen molar-refractivity contribution >= 4 is 11.5 Å². The van der Waals surface area contributed by atoms with Gasteiger partial charge in [-0.05, 0) is 47.9 Å². The SMILES string of the molecule is CCOC(=O)/C=C\C=C(c1ccc(F)cc1)c1ccc(F)cc1. The maximum Gasteiger partial charge on any atom is 0.330 e. The zero-order valence-corrected chi connectivity index (χ0v) is 12.6. The molecule has 0 N–H and O–H groups in total. The largest absolute Gasteiger partial charge is 0.463 e. The van der Waals surface area contributed by atoms with Crippen LogP contribution in [0.2, 0.25) is 0 Å².